The fourth-order valence-electron chi connectivity index (χ4n) is 2.70. The van der Waals surface area contributed by atoms with E-state index >= 15 is 0 Å². The summed E-state index contributed by atoms with van der Waals surface area (Å²) in [6.45, 7) is -0.783. The second-order valence-corrected chi connectivity index (χ2v) is 9.91. The molecule has 33 heavy (non-hydrogen) atoms. The number of methoxy groups -OCH3 is 1. The molecule has 1 N–H and O–H groups in total. The maximum absolute atomic E-state index is 13.2. The Kier molecular flexibility index (Phi) is 7.14. The normalized spacial score (nSPS) is 11.8. The third-order valence-electron chi connectivity index (χ3n) is 4.24. The highest BCUT2D eigenvalue weighted by atomic mass is 35.5. The molecule has 0 aliphatic carbocycles. The minimum absolute atomic E-state index is 0.0892. The van der Waals surface area contributed by atoms with Crippen LogP contribution in [0.4, 0.5) is 24.0 Å². The number of hydrogen-bond donors (Lipinski definition) is 1. The van der Waals surface area contributed by atoms with Gasteiger partial charge in [0.2, 0.25) is 21.1 Å². The van der Waals surface area contributed by atoms with Crippen molar-refractivity contribution in [1.29, 1.82) is 0 Å². The maximum Gasteiger partial charge on any atom is 0.417 e. The standard InChI is InChI=1S/C19H16ClF3N4O4S2/c1-31-13-6-3-11(4-7-13)17-25-26-18(32-17)24-16(28)10-27(33(2,29)30)12-5-8-15(20)14(9-12)19(21,22)23/h3-9H,10H2,1-2H3,(H,24,26,28). The zero-order valence-corrected chi connectivity index (χ0v) is 19.4. The van der Waals surface area contributed by atoms with E-state index in [2.05, 4.69) is 15.5 Å². The molecule has 1 heterocycles. The summed E-state index contributed by atoms with van der Waals surface area (Å²) in [6.07, 6.45) is -4.03. The number of anilines is 2. The van der Waals surface area contributed by atoms with Gasteiger partial charge in [-0.2, -0.15) is 13.2 Å². The molecule has 0 saturated carbocycles. The van der Waals surface area contributed by atoms with Crippen molar-refractivity contribution < 1.29 is 31.1 Å². The van der Waals surface area contributed by atoms with E-state index in [0.29, 0.717) is 26.7 Å². The molecule has 1 amide bonds. The van der Waals surface area contributed by atoms with Crippen LogP contribution >= 0.6 is 22.9 Å². The molecule has 0 unspecified atom stereocenters. The summed E-state index contributed by atoms with van der Waals surface area (Å²) in [5.41, 5.74) is -0.864. The highest BCUT2D eigenvalue weighted by Gasteiger charge is 2.34. The number of carbonyl (C=O) groups excluding carboxylic acids is 1. The van der Waals surface area contributed by atoms with E-state index in [1.165, 1.54) is 7.11 Å². The molecule has 1 aromatic heterocycles. The zero-order chi connectivity index (χ0) is 24.4. The van der Waals surface area contributed by atoms with Gasteiger partial charge in [-0.25, -0.2) is 8.42 Å². The van der Waals surface area contributed by atoms with Crippen LogP contribution in [-0.4, -0.2) is 44.4 Å². The van der Waals surface area contributed by atoms with E-state index in [0.717, 1.165) is 29.7 Å². The first kappa shape index (κ1) is 24.7. The van der Waals surface area contributed by atoms with Crippen LogP contribution in [-0.2, 0) is 21.0 Å². The van der Waals surface area contributed by atoms with Crippen molar-refractivity contribution in [2.45, 2.75) is 6.18 Å². The average molecular weight is 521 g/mol. The van der Waals surface area contributed by atoms with Crippen LogP contribution in [0.2, 0.25) is 5.02 Å². The molecular weight excluding hydrogens is 505 g/mol. The number of nitrogens with zero attached hydrogens (tertiary/aromatic N) is 3. The monoisotopic (exact) mass is 520 g/mol. The van der Waals surface area contributed by atoms with E-state index in [1.807, 2.05) is 0 Å². The number of sulfonamides is 1. The molecule has 0 spiro atoms. The van der Waals surface area contributed by atoms with Crippen molar-refractivity contribution in [1.82, 2.24) is 10.2 Å². The third kappa shape index (κ3) is 6.12. The van der Waals surface area contributed by atoms with Crippen molar-refractivity contribution >= 4 is 49.7 Å². The van der Waals surface area contributed by atoms with Gasteiger partial charge in [-0.15, -0.1) is 10.2 Å². The van der Waals surface area contributed by atoms with Crippen LogP contribution < -0.4 is 14.4 Å². The average Bonchev–Trinajstić information content (AvgIpc) is 3.19. The Morgan fingerprint density at radius 2 is 1.85 bits per heavy atom. The molecule has 14 heteroatoms. The number of benzene rings is 2. The fraction of sp³-hybridized carbons (Fsp3) is 0.211. The minimum Gasteiger partial charge on any atom is -0.497 e. The highest BCUT2D eigenvalue weighted by molar-refractivity contribution is 7.92. The Hall–Kier alpha value is -2.90. The van der Waals surface area contributed by atoms with Gasteiger partial charge in [-0.3, -0.25) is 14.4 Å². The number of aromatic nitrogens is 2. The topological polar surface area (TPSA) is 101 Å². The van der Waals surface area contributed by atoms with E-state index in [9.17, 15) is 26.4 Å². The number of amides is 1. The van der Waals surface area contributed by atoms with Gasteiger partial charge in [-0.05, 0) is 42.5 Å². The summed E-state index contributed by atoms with van der Waals surface area (Å²) in [5, 5.41) is 10.2. The lowest BCUT2D eigenvalue weighted by Crippen LogP contribution is -2.37. The smallest absolute Gasteiger partial charge is 0.417 e. The lowest BCUT2D eigenvalue weighted by molar-refractivity contribution is -0.137. The summed E-state index contributed by atoms with van der Waals surface area (Å²) < 4.78 is 69.5. The summed E-state index contributed by atoms with van der Waals surface area (Å²) in [5.74, 6) is -0.171. The van der Waals surface area contributed by atoms with Crippen molar-refractivity contribution in [2.75, 3.05) is 29.5 Å². The van der Waals surface area contributed by atoms with Gasteiger partial charge in [0, 0.05) is 5.56 Å². The number of halogens is 4. The van der Waals surface area contributed by atoms with Gasteiger partial charge in [-0.1, -0.05) is 22.9 Å². The fourth-order valence-corrected chi connectivity index (χ4v) is 4.54. The Balaban J connectivity index is 1.79. The molecule has 0 aliphatic rings. The molecule has 2 aromatic carbocycles. The van der Waals surface area contributed by atoms with Crippen LogP contribution in [0.15, 0.2) is 42.5 Å². The summed E-state index contributed by atoms with van der Waals surface area (Å²) in [4.78, 5) is 12.5. The molecule has 0 saturated heterocycles. The number of nitrogens with one attached hydrogen (secondary N) is 1. The Labute approximate surface area is 196 Å². The number of alkyl halides is 3. The van der Waals surface area contributed by atoms with Gasteiger partial charge in [0.15, 0.2) is 0 Å². The quantitative estimate of drug-likeness (QED) is 0.498. The van der Waals surface area contributed by atoms with Crippen LogP contribution in [0.3, 0.4) is 0 Å². The molecule has 0 radical (unpaired) electrons. The van der Waals surface area contributed by atoms with Gasteiger partial charge in [0.05, 0.1) is 29.6 Å². The lowest BCUT2D eigenvalue weighted by atomic mass is 10.2. The van der Waals surface area contributed by atoms with Crippen LogP contribution in [0.25, 0.3) is 10.6 Å². The van der Waals surface area contributed by atoms with E-state index in [1.54, 1.807) is 24.3 Å². The molecule has 0 aliphatic heterocycles. The van der Waals surface area contributed by atoms with E-state index < -0.39 is 39.2 Å². The molecule has 0 atom stereocenters. The lowest BCUT2D eigenvalue weighted by Gasteiger charge is -2.23. The Morgan fingerprint density at radius 1 is 1.18 bits per heavy atom. The first-order valence-electron chi connectivity index (χ1n) is 9.00. The first-order valence-corrected chi connectivity index (χ1v) is 12.0. The van der Waals surface area contributed by atoms with Gasteiger partial charge < -0.3 is 4.74 Å². The Bertz CT molecular complexity index is 1260. The molecule has 3 aromatic rings. The molecule has 8 nitrogen and oxygen atoms in total. The van der Waals surface area contributed by atoms with Crippen molar-refractivity contribution in [3.05, 3.63) is 53.1 Å². The predicted octanol–water partition coefficient (Wildman–Crippen LogP) is 4.29. The van der Waals surface area contributed by atoms with Crippen LogP contribution in [0.5, 0.6) is 5.75 Å². The molecule has 176 valence electrons. The van der Waals surface area contributed by atoms with E-state index in [4.69, 9.17) is 16.3 Å². The SMILES string of the molecule is COc1ccc(-c2nnc(NC(=O)CN(c3ccc(Cl)c(C(F)(F)F)c3)S(C)(=O)=O)s2)cc1. The number of carbonyl (C=O) groups is 1. The van der Waals surface area contributed by atoms with Gasteiger partial charge >= 0.3 is 6.18 Å². The highest BCUT2D eigenvalue weighted by Crippen LogP contribution is 2.37. The van der Waals surface area contributed by atoms with E-state index in [-0.39, 0.29) is 10.8 Å². The summed E-state index contributed by atoms with van der Waals surface area (Å²) in [6, 6.07) is 9.51. The minimum atomic E-state index is -4.80. The van der Waals surface area contributed by atoms with Crippen LogP contribution in [0.1, 0.15) is 5.56 Å². The predicted molar refractivity (Wildman–Crippen MR) is 119 cm³/mol. The van der Waals surface area contributed by atoms with Gasteiger partial charge in [0.25, 0.3) is 0 Å². The molecule has 0 fully saturated rings. The van der Waals surface area contributed by atoms with Crippen molar-refractivity contribution in [3.63, 3.8) is 0 Å². The summed E-state index contributed by atoms with van der Waals surface area (Å²) >= 11 is 6.63. The van der Waals surface area contributed by atoms with Crippen LogP contribution in [0, 0.1) is 0 Å². The zero-order valence-electron chi connectivity index (χ0n) is 17.1. The second-order valence-electron chi connectivity index (χ2n) is 6.62. The largest absolute Gasteiger partial charge is 0.497 e. The maximum atomic E-state index is 13.2. The number of ether oxygens (including phenoxy) is 1. The third-order valence-corrected chi connectivity index (χ3v) is 6.60. The molecule has 0 bridgehead atoms. The van der Waals surface area contributed by atoms with Crippen molar-refractivity contribution in [3.8, 4) is 16.3 Å². The van der Waals surface area contributed by atoms with Gasteiger partial charge in [0.1, 0.15) is 17.3 Å². The molecule has 3 rings (SSSR count). The molecular formula is C19H16ClF3N4O4S2. The van der Waals surface area contributed by atoms with Crippen molar-refractivity contribution in [2.24, 2.45) is 0 Å². The Morgan fingerprint density at radius 3 is 2.42 bits per heavy atom. The number of rotatable bonds is 7. The first-order chi connectivity index (χ1) is 15.4. The summed E-state index contributed by atoms with van der Waals surface area (Å²) in [7, 11) is -2.58. The number of hydrogen-bond acceptors (Lipinski definition) is 7. The second kappa shape index (κ2) is 9.53.